The van der Waals surface area contributed by atoms with Gasteiger partial charge in [0.2, 0.25) is 0 Å². The Bertz CT molecular complexity index is 1340. The molecule has 4 heterocycles. The van der Waals surface area contributed by atoms with E-state index in [0.29, 0.717) is 39.7 Å². The number of imidazole rings is 1. The molecule has 0 saturated carbocycles. The SMILES string of the molecule is Cc1nc2c(Cl)nc(-c3nn(Cc4ccccc4F)c4ncccc34)nc2[nH]1. The standard InChI is InChI=1S/C19H13ClFN7/c1-10-23-15-16(20)25-17(26-18(15)24-10)14-12-6-4-8-22-19(12)28(27-14)9-11-5-2-3-7-13(11)21/h2-8H,9H2,1H3,(H,23,24,25,26). The Kier molecular flexibility index (Phi) is 3.80. The minimum atomic E-state index is -0.294. The largest absolute Gasteiger partial charge is 0.327 e. The Morgan fingerprint density at radius 3 is 2.82 bits per heavy atom. The van der Waals surface area contributed by atoms with Crippen molar-refractivity contribution in [3.63, 3.8) is 0 Å². The van der Waals surface area contributed by atoms with Crippen LogP contribution >= 0.6 is 11.6 Å². The second-order valence-electron chi connectivity index (χ2n) is 6.33. The first-order valence-electron chi connectivity index (χ1n) is 8.55. The molecule has 0 bridgehead atoms. The van der Waals surface area contributed by atoms with E-state index >= 15 is 0 Å². The number of hydrogen-bond donors (Lipinski definition) is 1. The molecule has 0 amide bonds. The molecule has 1 N–H and O–H groups in total. The summed E-state index contributed by atoms with van der Waals surface area (Å²) >= 11 is 6.30. The summed E-state index contributed by atoms with van der Waals surface area (Å²) in [5.41, 5.74) is 2.70. The third-order valence-corrected chi connectivity index (χ3v) is 4.68. The number of H-pyrrole nitrogens is 1. The highest BCUT2D eigenvalue weighted by Gasteiger charge is 2.19. The lowest BCUT2D eigenvalue weighted by Crippen LogP contribution is -2.04. The van der Waals surface area contributed by atoms with E-state index in [9.17, 15) is 4.39 Å². The second kappa shape index (κ2) is 6.35. The van der Waals surface area contributed by atoms with E-state index in [1.165, 1.54) is 6.07 Å². The van der Waals surface area contributed by atoms with Crippen molar-refractivity contribution < 1.29 is 4.39 Å². The maximum absolute atomic E-state index is 14.1. The smallest absolute Gasteiger partial charge is 0.184 e. The summed E-state index contributed by atoms with van der Waals surface area (Å²) < 4.78 is 15.8. The first kappa shape index (κ1) is 16.8. The predicted octanol–water partition coefficient (Wildman–Crippen LogP) is 3.91. The monoisotopic (exact) mass is 393 g/mol. The van der Waals surface area contributed by atoms with Crippen molar-refractivity contribution in [3.8, 4) is 11.5 Å². The van der Waals surface area contributed by atoms with Gasteiger partial charge in [0, 0.05) is 11.8 Å². The van der Waals surface area contributed by atoms with Crippen LogP contribution in [0.1, 0.15) is 11.4 Å². The van der Waals surface area contributed by atoms with E-state index in [2.05, 4.69) is 30.0 Å². The molecule has 28 heavy (non-hydrogen) atoms. The molecule has 1 aromatic carbocycles. The van der Waals surface area contributed by atoms with Crippen LogP contribution in [0.5, 0.6) is 0 Å². The molecule has 0 spiro atoms. The van der Waals surface area contributed by atoms with Crippen LogP contribution in [0.2, 0.25) is 5.15 Å². The lowest BCUT2D eigenvalue weighted by Gasteiger charge is -2.04. The van der Waals surface area contributed by atoms with Crippen LogP contribution in [0, 0.1) is 12.7 Å². The van der Waals surface area contributed by atoms with Crippen molar-refractivity contribution >= 4 is 33.8 Å². The molecule has 9 heteroatoms. The Morgan fingerprint density at radius 1 is 1.11 bits per heavy atom. The summed E-state index contributed by atoms with van der Waals surface area (Å²) in [5, 5.41) is 5.62. The highest BCUT2D eigenvalue weighted by Crippen LogP contribution is 2.28. The maximum Gasteiger partial charge on any atom is 0.184 e. The van der Waals surface area contributed by atoms with Crippen molar-refractivity contribution in [1.29, 1.82) is 0 Å². The summed E-state index contributed by atoms with van der Waals surface area (Å²) in [7, 11) is 0. The fourth-order valence-electron chi connectivity index (χ4n) is 3.16. The Balaban J connectivity index is 1.70. The van der Waals surface area contributed by atoms with Gasteiger partial charge in [-0.1, -0.05) is 29.8 Å². The first-order valence-corrected chi connectivity index (χ1v) is 8.93. The fraction of sp³-hybridized carbons (Fsp3) is 0.105. The summed E-state index contributed by atoms with van der Waals surface area (Å²) in [6, 6.07) is 10.3. The number of nitrogens with zero attached hydrogens (tertiary/aromatic N) is 6. The van der Waals surface area contributed by atoms with Crippen LogP contribution in [0.4, 0.5) is 4.39 Å². The number of hydrogen-bond acceptors (Lipinski definition) is 5. The topological polar surface area (TPSA) is 85.2 Å². The summed E-state index contributed by atoms with van der Waals surface area (Å²) in [6.07, 6.45) is 1.67. The Hall–Kier alpha value is -3.39. The molecule has 4 aromatic heterocycles. The Labute approximate surface area is 163 Å². The van der Waals surface area contributed by atoms with Gasteiger partial charge in [-0.3, -0.25) is 0 Å². The number of rotatable bonds is 3. The highest BCUT2D eigenvalue weighted by molar-refractivity contribution is 6.33. The van der Waals surface area contributed by atoms with E-state index in [4.69, 9.17) is 11.6 Å². The zero-order valence-corrected chi connectivity index (χ0v) is 15.4. The zero-order chi connectivity index (χ0) is 19.3. The van der Waals surface area contributed by atoms with Gasteiger partial charge in [0.25, 0.3) is 0 Å². The van der Waals surface area contributed by atoms with Gasteiger partial charge in [-0.15, -0.1) is 0 Å². The van der Waals surface area contributed by atoms with E-state index in [0.717, 1.165) is 5.39 Å². The molecule has 5 aromatic rings. The number of aromatic nitrogens is 7. The predicted molar refractivity (Wildman–Crippen MR) is 103 cm³/mol. The summed E-state index contributed by atoms with van der Waals surface area (Å²) in [5.74, 6) is 0.753. The van der Waals surface area contributed by atoms with Crippen LogP contribution in [0.25, 0.3) is 33.7 Å². The van der Waals surface area contributed by atoms with Crippen LogP contribution < -0.4 is 0 Å². The minimum absolute atomic E-state index is 0.235. The van der Waals surface area contributed by atoms with E-state index in [1.807, 2.05) is 13.0 Å². The quantitative estimate of drug-likeness (QED) is 0.470. The van der Waals surface area contributed by atoms with Gasteiger partial charge in [-0.2, -0.15) is 5.10 Å². The van der Waals surface area contributed by atoms with Gasteiger partial charge in [-0.25, -0.2) is 29.0 Å². The molecule has 0 aliphatic rings. The average Bonchev–Trinajstić information content (AvgIpc) is 3.24. The van der Waals surface area contributed by atoms with Crippen LogP contribution in [-0.2, 0) is 6.54 Å². The number of pyridine rings is 1. The molecule has 5 rings (SSSR count). The normalized spacial score (nSPS) is 11.5. The van der Waals surface area contributed by atoms with Crippen LogP contribution in [-0.4, -0.2) is 34.7 Å². The zero-order valence-electron chi connectivity index (χ0n) is 14.7. The minimum Gasteiger partial charge on any atom is -0.327 e. The van der Waals surface area contributed by atoms with E-state index < -0.39 is 0 Å². The third kappa shape index (κ3) is 2.69. The number of nitrogens with one attached hydrogen (secondary N) is 1. The van der Waals surface area contributed by atoms with Crippen LogP contribution in [0.3, 0.4) is 0 Å². The molecule has 0 fully saturated rings. The van der Waals surface area contributed by atoms with Crippen molar-refractivity contribution in [2.75, 3.05) is 0 Å². The van der Waals surface area contributed by atoms with Gasteiger partial charge in [0.15, 0.2) is 22.3 Å². The Morgan fingerprint density at radius 2 is 1.96 bits per heavy atom. The van der Waals surface area contributed by atoms with Crippen LogP contribution in [0.15, 0.2) is 42.6 Å². The first-order chi connectivity index (χ1) is 13.6. The molecular formula is C19H13ClFN7. The van der Waals surface area contributed by atoms with Crippen molar-refractivity contribution in [3.05, 3.63) is 65.0 Å². The molecular weight excluding hydrogens is 381 g/mol. The molecule has 0 aliphatic heterocycles. The maximum atomic E-state index is 14.1. The lowest BCUT2D eigenvalue weighted by atomic mass is 10.2. The van der Waals surface area contributed by atoms with E-state index in [1.54, 1.807) is 35.1 Å². The molecule has 138 valence electrons. The lowest BCUT2D eigenvalue weighted by molar-refractivity contribution is 0.589. The van der Waals surface area contributed by atoms with Gasteiger partial charge >= 0.3 is 0 Å². The van der Waals surface area contributed by atoms with Gasteiger partial charge in [0.05, 0.1) is 11.9 Å². The van der Waals surface area contributed by atoms with E-state index in [-0.39, 0.29) is 17.5 Å². The number of fused-ring (bicyclic) bond motifs is 2. The molecule has 0 atom stereocenters. The molecule has 0 aliphatic carbocycles. The van der Waals surface area contributed by atoms with Crippen molar-refractivity contribution in [2.24, 2.45) is 0 Å². The fourth-order valence-corrected chi connectivity index (χ4v) is 3.37. The molecule has 0 unspecified atom stereocenters. The average molecular weight is 394 g/mol. The molecule has 0 saturated heterocycles. The molecule has 7 nitrogen and oxygen atoms in total. The van der Waals surface area contributed by atoms with Crippen molar-refractivity contribution in [1.82, 2.24) is 34.7 Å². The van der Waals surface area contributed by atoms with Gasteiger partial charge in [0.1, 0.15) is 22.9 Å². The highest BCUT2D eigenvalue weighted by atomic mass is 35.5. The number of benzene rings is 1. The second-order valence-corrected chi connectivity index (χ2v) is 6.69. The number of halogens is 2. The summed E-state index contributed by atoms with van der Waals surface area (Å²) in [6.45, 7) is 2.06. The summed E-state index contributed by atoms with van der Waals surface area (Å²) in [4.78, 5) is 20.7. The molecule has 0 radical (unpaired) electrons. The number of aryl methyl sites for hydroxylation is 1. The van der Waals surface area contributed by atoms with Gasteiger partial charge in [-0.05, 0) is 25.1 Å². The number of aromatic amines is 1. The third-order valence-electron chi connectivity index (χ3n) is 4.42. The van der Waals surface area contributed by atoms with Crippen molar-refractivity contribution in [2.45, 2.75) is 13.5 Å². The van der Waals surface area contributed by atoms with Gasteiger partial charge < -0.3 is 4.98 Å².